The Morgan fingerprint density at radius 1 is 1.00 bits per heavy atom. The second kappa shape index (κ2) is 8.84. The third-order valence-corrected chi connectivity index (χ3v) is 5.09. The van der Waals surface area contributed by atoms with Crippen molar-refractivity contribution in [2.24, 2.45) is 0 Å². The number of nitrogens with one attached hydrogen (secondary N) is 1. The molecule has 0 bridgehead atoms. The molecule has 2 heterocycles. The van der Waals surface area contributed by atoms with E-state index in [4.69, 9.17) is 4.52 Å². The van der Waals surface area contributed by atoms with Crippen molar-refractivity contribution in [2.45, 2.75) is 20.4 Å². The first-order chi connectivity index (χ1) is 14.3. The lowest BCUT2D eigenvalue weighted by molar-refractivity contribution is 0.291. The molecule has 0 unspecified atom stereocenters. The molecule has 148 valence electrons. The van der Waals surface area contributed by atoms with Crippen molar-refractivity contribution < 1.29 is 4.52 Å². The van der Waals surface area contributed by atoms with Gasteiger partial charge in [0.25, 0.3) is 5.71 Å². The molecule has 1 N–H and O–H groups in total. The Balaban J connectivity index is 1.51. The SMILES string of the molecule is CCN(CCNc1ncnc2onc(-c3ccccc3C)c12)Cc1ccccc1. The van der Waals surface area contributed by atoms with Crippen LogP contribution in [-0.4, -0.2) is 39.7 Å². The van der Waals surface area contributed by atoms with Gasteiger partial charge in [-0.1, -0.05) is 66.7 Å². The fourth-order valence-electron chi connectivity index (χ4n) is 3.47. The number of likely N-dealkylation sites (N-methyl/N-ethyl adjacent to an activating group) is 1. The van der Waals surface area contributed by atoms with Crippen LogP contribution in [-0.2, 0) is 6.54 Å². The molecular formula is C23H25N5O. The molecule has 6 heteroatoms. The van der Waals surface area contributed by atoms with E-state index in [0.717, 1.165) is 54.2 Å². The Morgan fingerprint density at radius 2 is 1.79 bits per heavy atom. The highest BCUT2D eigenvalue weighted by molar-refractivity contribution is 5.98. The number of anilines is 1. The van der Waals surface area contributed by atoms with Gasteiger partial charge in [0.2, 0.25) is 0 Å². The van der Waals surface area contributed by atoms with Crippen LogP contribution in [0, 0.1) is 6.92 Å². The zero-order valence-electron chi connectivity index (χ0n) is 16.8. The van der Waals surface area contributed by atoms with Crippen LogP contribution in [0.4, 0.5) is 5.82 Å². The van der Waals surface area contributed by atoms with Crippen LogP contribution >= 0.6 is 0 Å². The summed E-state index contributed by atoms with van der Waals surface area (Å²) in [6.45, 7) is 7.84. The number of aromatic nitrogens is 3. The van der Waals surface area contributed by atoms with Gasteiger partial charge in [-0.3, -0.25) is 4.90 Å². The average molecular weight is 387 g/mol. The first-order valence-corrected chi connectivity index (χ1v) is 9.92. The fourth-order valence-corrected chi connectivity index (χ4v) is 3.47. The minimum atomic E-state index is 0.498. The number of rotatable bonds is 8. The second-order valence-electron chi connectivity index (χ2n) is 7.03. The van der Waals surface area contributed by atoms with Crippen LogP contribution in [0.15, 0.2) is 65.4 Å². The summed E-state index contributed by atoms with van der Waals surface area (Å²) in [5, 5.41) is 8.56. The summed E-state index contributed by atoms with van der Waals surface area (Å²) in [4.78, 5) is 11.1. The number of fused-ring (bicyclic) bond motifs is 1. The maximum Gasteiger partial charge on any atom is 0.263 e. The zero-order valence-corrected chi connectivity index (χ0v) is 16.8. The molecule has 0 aliphatic rings. The Hall–Kier alpha value is -3.25. The van der Waals surface area contributed by atoms with Crippen molar-refractivity contribution >= 4 is 16.9 Å². The summed E-state index contributed by atoms with van der Waals surface area (Å²) in [5.41, 5.74) is 4.76. The molecule has 4 rings (SSSR count). The molecule has 0 fully saturated rings. The van der Waals surface area contributed by atoms with Gasteiger partial charge < -0.3 is 9.84 Å². The lowest BCUT2D eigenvalue weighted by Gasteiger charge is -2.20. The number of hydrogen-bond acceptors (Lipinski definition) is 6. The van der Waals surface area contributed by atoms with Gasteiger partial charge in [0, 0.05) is 25.2 Å². The minimum Gasteiger partial charge on any atom is -0.368 e. The normalized spacial score (nSPS) is 11.3. The van der Waals surface area contributed by atoms with Crippen LogP contribution in [0.3, 0.4) is 0 Å². The van der Waals surface area contributed by atoms with Crippen LogP contribution in [0.5, 0.6) is 0 Å². The van der Waals surface area contributed by atoms with Gasteiger partial charge >= 0.3 is 0 Å². The standard InChI is InChI=1S/C23H25N5O/c1-3-28(15-18-10-5-4-6-11-18)14-13-24-22-20-21(19-12-8-7-9-17(19)2)27-29-23(20)26-16-25-22/h4-12,16H,3,13-15H2,1-2H3,(H,24,25,26). The minimum absolute atomic E-state index is 0.498. The molecule has 0 saturated heterocycles. The molecule has 0 aliphatic carbocycles. The van der Waals surface area contributed by atoms with Gasteiger partial charge in [-0.05, 0) is 24.6 Å². The molecule has 0 atom stereocenters. The van der Waals surface area contributed by atoms with Crippen molar-refractivity contribution in [3.63, 3.8) is 0 Å². The van der Waals surface area contributed by atoms with Gasteiger partial charge in [-0.25, -0.2) is 4.98 Å². The van der Waals surface area contributed by atoms with Crippen LogP contribution < -0.4 is 5.32 Å². The van der Waals surface area contributed by atoms with E-state index in [2.05, 4.69) is 69.5 Å². The maximum atomic E-state index is 5.48. The van der Waals surface area contributed by atoms with Crippen molar-refractivity contribution in [3.8, 4) is 11.3 Å². The highest BCUT2D eigenvalue weighted by Crippen LogP contribution is 2.32. The van der Waals surface area contributed by atoms with E-state index in [1.54, 1.807) is 0 Å². The van der Waals surface area contributed by atoms with Crippen molar-refractivity contribution in [1.82, 2.24) is 20.0 Å². The topological polar surface area (TPSA) is 67.1 Å². The highest BCUT2D eigenvalue weighted by atomic mass is 16.5. The summed E-state index contributed by atoms with van der Waals surface area (Å²) in [5.74, 6) is 0.755. The maximum absolute atomic E-state index is 5.48. The van der Waals surface area contributed by atoms with Gasteiger partial charge in [0.15, 0.2) is 0 Å². The van der Waals surface area contributed by atoms with Gasteiger partial charge in [0.1, 0.15) is 23.2 Å². The van der Waals surface area contributed by atoms with Crippen LogP contribution in [0.1, 0.15) is 18.1 Å². The van der Waals surface area contributed by atoms with E-state index in [1.807, 2.05) is 24.3 Å². The Bertz CT molecular complexity index is 1080. The molecule has 4 aromatic rings. The Labute approximate surface area is 170 Å². The van der Waals surface area contributed by atoms with E-state index in [9.17, 15) is 0 Å². The number of aryl methyl sites for hydroxylation is 1. The van der Waals surface area contributed by atoms with E-state index >= 15 is 0 Å². The first kappa shape index (κ1) is 19.1. The molecule has 2 aromatic carbocycles. The largest absolute Gasteiger partial charge is 0.368 e. The predicted octanol–water partition coefficient (Wildman–Crippen LogP) is 4.53. The summed E-state index contributed by atoms with van der Waals surface area (Å²) < 4.78 is 5.48. The fraction of sp³-hybridized carbons (Fsp3) is 0.261. The zero-order chi connectivity index (χ0) is 20.1. The Kier molecular flexibility index (Phi) is 5.81. The van der Waals surface area contributed by atoms with E-state index in [1.165, 1.54) is 11.9 Å². The smallest absolute Gasteiger partial charge is 0.263 e. The monoisotopic (exact) mass is 387 g/mol. The molecular weight excluding hydrogens is 362 g/mol. The number of benzene rings is 2. The second-order valence-corrected chi connectivity index (χ2v) is 7.03. The molecule has 0 saturated carbocycles. The summed E-state index contributed by atoms with van der Waals surface area (Å²) >= 11 is 0. The van der Waals surface area contributed by atoms with Gasteiger partial charge in [0.05, 0.1) is 0 Å². The van der Waals surface area contributed by atoms with Crippen molar-refractivity contribution in [2.75, 3.05) is 25.0 Å². The quantitative estimate of drug-likeness (QED) is 0.479. The van der Waals surface area contributed by atoms with Crippen molar-refractivity contribution in [3.05, 3.63) is 72.1 Å². The molecule has 0 radical (unpaired) electrons. The van der Waals surface area contributed by atoms with E-state index in [0.29, 0.717) is 5.71 Å². The van der Waals surface area contributed by atoms with Crippen LogP contribution in [0.2, 0.25) is 0 Å². The van der Waals surface area contributed by atoms with Crippen molar-refractivity contribution in [1.29, 1.82) is 0 Å². The molecule has 0 spiro atoms. The lowest BCUT2D eigenvalue weighted by Crippen LogP contribution is -2.28. The average Bonchev–Trinajstić information content (AvgIpc) is 3.19. The number of hydrogen-bond donors (Lipinski definition) is 1. The number of nitrogens with zero attached hydrogens (tertiary/aromatic N) is 4. The summed E-state index contributed by atoms with van der Waals surface area (Å²) in [6, 6.07) is 18.7. The van der Waals surface area contributed by atoms with Gasteiger partial charge in [-0.2, -0.15) is 4.98 Å². The molecule has 0 amide bonds. The highest BCUT2D eigenvalue weighted by Gasteiger charge is 2.17. The predicted molar refractivity (Wildman–Crippen MR) is 116 cm³/mol. The third kappa shape index (κ3) is 4.27. The lowest BCUT2D eigenvalue weighted by atomic mass is 10.0. The molecule has 29 heavy (non-hydrogen) atoms. The molecule has 2 aromatic heterocycles. The summed E-state index contributed by atoms with van der Waals surface area (Å²) in [7, 11) is 0. The third-order valence-electron chi connectivity index (χ3n) is 5.09. The first-order valence-electron chi connectivity index (χ1n) is 9.92. The van der Waals surface area contributed by atoms with E-state index < -0.39 is 0 Å². The molecule has 0 aliphatic heterocycles. The van der Waals surface area contributed by atoms with E-state index in [-0.39, 0.29) is 0 Å². The molecule has 6 nitrogen and oxygen atoms in total. The summed E-state index contributed by atoms with van der Waals surface area (Å²) in [6.07, 6.45) is 1.51. The van der Waals surface area contributed by atoms with Gasteiger partial charge in [-0.15, -0.1) is 0 Å². The Morgan fingerprint density at radius 3 is 2.59 bits per heavy atom. The van der Waals surface area contributed by atoms with Crippen LogP contribution in [0.25, 0.3) is 22.4 Å².